The predicted octanol–water partition coefficient (Wildman–Crippen LogP) is 6.08. The Kier molecular flexibility index (Phi) is 4.55. The van der Waals surface area contributed by atoms with Gasteiger partial charge < -0.3 is 0 Å². The molecular weight excluding hydrogens is 398 g/mol. The monoisotopic (exact) mass is 412 g/mol. The van der Waals surface area contributed by atoms with Crippen molar-refractivity contribution in [1.29, 1.82) is 0 Å². The summed E-state index contributed by atoms with van der Waals surface area (Å²) in [6, 6.07) is 20.6. The number of hydrazone groups is 1. The van der Waals surface area contributed by atoms with E-state index in [2.05, 4.69) is 15.9 Å². The molecule has 0 aliphatic carbocycles. The summed E-state index contributed by atoms with van der Waals surface area (Å²) in [5, 5.41) is 6.57. The molecule has 0 fully saturated rings. The molecule has 1 aliphatic rings. The molecule has 1 heterocycles. The molecule has 3 aromatic carbocycles. The highest BCUT2D eigenvalue weighted by Crippen LogP contribution is 2.37. The van der Waals surface area contributed by atoms with Gasteiger partial charge >= 0.3 is 0 Å². The summed E-state index contributed by atoms with van der Waals surface area (Å²) in [7, 11) is 0. The van der Waals surface area contributed by atoms with Gasteiger partial charge in [-0.2, -0.15) is 5.10 Å². The molecule has 0 radical (unpaired) electrons. The van der Waals surface area contributed by atoms with Crippen LogP contribution >= 0.6 is 15.9 Å². The zero-order chi connectivity index (χ0) is 18.1. The number of nitrogens with zero attached hydrogens (tertiary/aromatic N) is 2. The van der Waals surface area contributed by atoms with Gasteiger partial charge in [0.1, 0.15) is 11.6 Å². The first-order valence-electron chi connectivity index (χ1n) is 8.24. The van der Waals surface area contributed by atoms with Crippen molar-refractivity contribution in [2.75, 3.05) is 5.01 Å². The molecule has 0 N–H and O–H groups in total. The summed E-state index contributed by atoms with van der Waals surface area (Å²) >= 11 is 3.44. The van der Waals surface area contributed by atoms with Crippen molar-refractivity contribution in [2.45, 2.75) is 12.5 Å². The molecule has 1 aliphatic heterocycles. The van der Waals surface area contributed by atoms with Gasteiger partial charge in [0.15, 0.2) is 0 Å². The van der Waals surface area contributed by atoms with Crippen LogP contribution in [0.3, 0.4) is 0 Å². The quantitative estimate of drug-likeness (QED) is 0.508. The molecule has 0 saturated heterocycles. The fourth-order valence-corrected chi connectivity index (χ4v) is 3.39. The van der Waals surface area contributed by atoms with E-state index in [1.807, 2.05) is 35.3 Å². The molecule has 0 bridgehead atoms. The molecule has 2 nitrogen and oxygen atoms in total. The van der Waals surface area contributed by atoms with E-state index in [0.717, 1.165) is 21.3 Å². The first kappa shape index (κ1) is 16.9. The number of hydrogen-bond acceptors (Lipinski definition) is 2. The van der Waals surface area contributed by atoms with Crippen LogP contribution in [0.5, 0.6) is 0 Å². The average Bonchev–Trinajstić information content (AvgIpc) is 3.08. The van der Waals surface area contributed by atoms with E-state index < -0.39 is 0 Å². The van der Waals surface area contributed by atoms with E-state index in [1.165, 1.54) is 24.3 Å². The van der Waals surface area contributed by atoms with Crippen molar-refractivity contribution in [3.05, 3.63) is 100 Å². The van der Waals surface area contributed by atoms with E-state index in [0.29, 0.717) is 12.1 Å². The molecule has 0 saturated carbocycles. The number of benzene rings is 3. The second-order valence-corrected chi connectivity index (χ2v) is 7.07. The molecule has 5 heteroatoms. The van der Waals surface area contributed by atoms with Gasteiger partial charge in [0.25, 0.3) is 0 Å². The summed E-state index contributed by atoms with van der Waals surface area (Å²) in [5.41, 5.74) is 3.54. The van der Waals surface area contributed by atoms with Gasteiger partial charge in [0, 0.05) is 10.9 Å². The highest BCUT2D eigenvalue weighted by molar-refractivity contribution is 9.10. The van der Waals surface area contributed by atoms with Crippen molar-refractivity contribution in [2.24, 2.45) is 5.10 Å². The van der Waals surface area contributed by atoms with Crippen LogP contribution in [0.25, 0.3) is 0 Å². The summed E-state index contributed by atoms with van der Waals surface area (Å²) < 4.78 is 28.1. The smallest absolute Gasteiger partial charge is 0.125 e. The Labute approximate surface area is 158 Å². The Balaban J connectivity index is 1.75. The normalized spacial score (nSPS) is 16.7. The number of rotatable bonds is 3. The Morgan fingerprint density at radius 3 is 2.31 bits per heavy atom. The standard InChI is InChI=1S/C21H15BrF2N2/c22-16-8-4-14(5-9-16)20-13-21(15-6-10-17(23)11-7-15)26(25-20)19-3-1-2-18(24)12-19/h1-12,21H,13H2/t21-/m0/s1. The van der Waals surface area contributed by atoms with Crippen molar-refractivity contribution in [3.8, 4) is 0 Å². The van der Waals surface area contributed by atoms with Crippen LogP contribution in [0.4, 0.5) is 14.5 Å². The molecule has 0 spiro atoms. The fraction of sp³-hybridized carbons (Fsp3) is 0.0952. The minimum Gasteiger partial charge on any atom is -0.257 e. The second-order valence-electron chi connectivity index (χ2n) is 6.15. The SMILES string of the molecule is Fc1ccc([C@@H]2CC(c3ccc(Br)cc3)=NN2c2cccc(F)c2)cc1. The average molecular weight is 413 g/mol. The molecule has 0 amide bonds. The largest absolute Gasteiger partial charge is 0.257 e. The van der Waals surface area contributed by atoms with Gasteiger partial charge in [-0.25, -0.2) is 8.78 Å². The minimum atomic E-state index is -0.312. The maximum Gasteiger partial charge on any atom is 0.125 e. The van der Waals surface area contributed by atoms with Gasteiger partial charge in [0.2, 0.25) is 0 Å². The van der Waals surface area contributed by atoms with Gasteiger partial charge in [-0.3, -0.25) is 5.01 Å². The third kappa shape index (κ3) is 3.40. The van der Waals surface area contributed by atoms with Gasteiger partial charge in [-0.1, -0.05) is 46.3 Å². The lowest BCUT2D eigenvalue weighted by Gasteiger charge is -2.24. The molecule has 3 aromatic rings. The Morgan fingerprint density at radius 1 is 0.885 bits per heavy atom. The van der Waals surface area contributed by atoms with Crippen molar-refractivity contribution < 1.29 is 8.78 Å². The van der Waals surface area contributed by atoms with Crippen molar-refractivity contribution >= 4 is 27.3 Å². The molecule has 26 heavy (non-hydrogen) atoms. The number of hydrogen-bond donors (Lipinski definition) is 0. The Hall–Kier alpha value is -2.53. The number of halogens is 3. The van der Waals surface area contributed by atoms with Crippen LogP contribution in [0.2, 0.25) is 0 Å². The lowest BCUT2D eigenvalue weighted by molar-refractivity contribution is 0.621. The third-order valence-corrected chi connectivity index (χ3v) is 4.94. The van der Waals surface area contributed by atoms with Gasteiger partial charge in [0.05, 0.1) is 17.4 Å². The van der Waals surface area contributed by atoms with Crippen LogP contribution in [0, 0.1) is 11.6 Å². The van der Waals surface area contributed by atoms with Crippen LogP contribution in [0.15, 0.2) is 82.4 Å². The zero-order valence-corrected chi connectivity index (χ0v) is 15.3. The maximum atomic E-state index is 13.7. The van der Waals surface area contributed by atoms with Crippen LogP contribution in [0.1, 0.15) is 23.6 Å². The first-order valence-corrected chi connectivity index (χ1v) is 9.03. The molecule has 0 aromatic heterocycles. The second kappa shape index (κ2) is 7.00. The zero-order valence-electron chi connectivity index (χ0n) is 13.7. The highest BCUT2D eigenvalue weighted by atomic mass is 79.9. The molecule has 4 rings (SSSR count). The first-order chi connectivity index (χ1) is 12.6. The summed E-state index contributed by atoms with van der Waals surface area (Å²) in [5.74, 6) is -0.592. The maximum absolute atomic E-state index is 13.7. The highest BCUT2D eigenvalue weighted by Gasteiger charge is 2.30. The van der Waals surface area contributed by atoms with Crippen LogP contribution in [-0.2, 0) is 0 Å². The third-order valence-electron chi connectivity index (χ3n) is 4.42. The Bertz CT molecular complexity index is 953. The van der Waals surface area contributed by atoms with Gasteiger partial charge in [-0.05, 0) is 53.6 Å². The van der Waals surface area contributed by atoms with E-state index in [1.54, 1.807) is 18.2 Å². The molecule has 1 atom stereocenters. The van der Waals surface area contributed by atoms with Crippen LogP contribution in [-0.4, -0.2) is 5.71 Å². The summed E-state index contributed by atoms with van der Waals surface area (Å²) in [6.07, 6.45) is 0.657. The topological polar surface area (TPSA) is 15.6 Å². The molecular formula is C21H15BrF2N2. The summed E-state index contributed by atoms with van der Waals surface area (Å²) in [6.45, 7) is 0. The number of anilines is 1. The summed E-state index contributed by atoms with van der Waals surface area (Å²) in [4.78, 5) is 0. The Morgan fingerprint density at radius 2 is 1.62 bits per heavy atom. The predicted molar refractivity (Wildman–Crippen MR) is 103 cm³/mol. The molecule has 0 unspecified atom stereocenters. The van der Waals surface area contributed by atoms with Crippen molar-refractivity contribution in [3.63, 3.8) is 0 Å². The van der Waals surface area contributed by atoms with Crippen LogP contribution < -0.4 is 5.01 Å². The van der Waals surface area contributed by atoms with Gasteiger partial charge in [-0.15, -0.1) is 0 Å². The lowest BCUT2D eigenvalue weighted by atomic mass is 9.98. The van der Waals surface area contributed by atoms with E-state index in [9.17, 15) is 8.78 Å². The van der Waals surface area contributed by atoms with E-state index >= 15 is 0 Å². The lowest BCUT2D eigenvalue weighted by Crippen LogP contribution is -2.18. The van der Waals surface area contributed by atoms with E-state index in [-0.39, 0.29) is 17.7 Å². The minimum absolute atomic E-state index is 0.115. The van der Waals surface area contributed by atoms with E-state index in [4.69, 9.17) is 5.10 Å². The van der Waals surface area contributed by atoms with Crippen molar-refractivity contribution in [1.82, 2.24) is 0 Å². The molecule has 130 valence electrons. The fourth-order valence-electron chi connectivity index (χ4n) is 3.13.